The Morgan fingerprint density at radius 1 is 0.366 bits per heavy atom. The molecule has 0 amide bonds. The number of hydrogen-bond donors (Lipinski definition) is 0. The molecule has 0 atom stereocenters. The molecule has 41 heavy (non-hydrogen) atoms. The van der Waals surface area contributed by atoms with Crippen LogP contribution in [0.5, 0.6) is 0 Å². The first kappa shape index (κ1) is 24.6. The summed E-state index contributed by atoms with van der Waals surface area (Å²) < 4.78 is 13.7. The predicted molar refractivity (Wildman–Crippen MR) is 167 cm³/mol. The Labute approximate surface area is 238 Å². The summed E-state index contributed by atoms with van der Waals surface area (Å²) >= 11 is 0. The number of benzene rings is 6. The molecule has 194 valence electrons. The highest BCUT2D eigenvalue weighted by molar-refractivity contribution is 6.04. The lowest BCUT2D eigenvalue weighted by atomic mass is 9.93. The van der Waals surface area contributed by atoms with Gasteiger partial charge in [0, 0.05) is 16.7 Å². The Hall–Kier alpha value is -5.41. The predicted octanol–water partition coefficient (Wildman–Crippen LogP) is 10.1. The van der Waals surface area contributed by atoms with E-state index < -0.39 is 0 Å². The van der Waals surface area contributed by atoms with Gasteiger partial charge in [0.15, 0.2) is 5.82 Å². The molecule has 0 unspecified atom stereocenters. The van der Waals surface area contributed by atoms with Crippen LogP contribution >= 0.6 is 0 Å². The fourth-order valence-corrected chi connectivity index (χ4v) is 5.32. The van der Waals surface area contributed by atoms with Crippen LogP contribution in [0.2, 0.25) is 0 Å². The highest BCUT2D eigenvalue weighted by Gasteiger charge is 2.15. The third-order valence-corrected chi connectivity index (χ3v) is 7.40. The van der Waals surface area contributed by atoms with Gasteiger partial charge in [-0.05, 0) is 51.2 Å². The van der Waals surface area contributed by atoms with Crippen LogP contribution in [0.25, 0.3) is 66.9 Å². The number of halogens is 1. The maximum Gasteiger partial charge on any atom is 0.160 e. The maximum absolute atomic E-state index is 13.7. The van der Waals surface area contributed by atoms with Crippen LogP contribution < -0.4 is 0 Å². The van der Waals surface area contributed by atoms with Gasteiger partial charge in [-0.25, -0.2) is 14.4 Å². The molecule has 0 aliphatic carbocycles. The van der Waals surface area contributed by atoms with E-state index in [2.05, 4.69) is 78.9 Å². The van der Waals surface area contributed by atoms with E-state index in [1.807, 2.05) is 60.7 Å². The van der Waals surface area contributed by atoms with Gasteiger partial charge in [0.05, 0.1) is 11.4 Å². The number of fused-ring (bicyclic) bond motifs is 1. The summed E-state index contributed by atoms with van der Waals surface area (Å²) in [5.74, 6) is 0.436. The average molecular weight is 529 g/mol. The van der Waals surface area contributed by atoms with Crippen LogP contribution in [0.1, 0.15) is 0 Å². The van der Waals surface area contributed by atoms with Crippen LogP contribution in [0, 0.1) is 5.82 Å². The second-order valence-corrected chi connectivity index (χ2v) is 9.98. The van der Waals surface area contributed by atoms with Gasteiger partial charge in [0.2, 0.25) is 0 Å². The van der Waals surface area contributed by atoms with Crippen molar-refractivity contribution in [2.24, 2.45) is 0 Å². The monoisotopic (exact) mass is 528 g/mol. The van der Waals surface area contributed by atoms with E-state index in [0.717, 1.165) is 55.5 Å². The number of aromatic nitrogens is 2. The first-order valence-corrected chi connectivity index (χ1v) is 13.6. The van der Waals surface area contributed by atoms with E-state index in [4.69, 9.17) is 9.97 Å². The fraction of sp³-hybridized carbons (Fsp3) is 0. The van der Waals surface area contributed by atoms with E-state index in [9.17, 15) is 4.39 Å². The molecule has 0 aliphatic rings. The Morgan fingerprint density at radius 3 is 1.54 bits per heavy atom. The van der Waals surface area contributed by atoms with Gasteiger partial charge >= 0.3 is 0 Å². The van der Waals surface area contributed by atoms with Crippen molar-refractivity contribution in [3.63, 3.8) is 0 Å². The van der Waals surface area contributed by atoms with E-state index in [1.165, 1.54) is 17.7 Å². The molecule has 1 aromatic heterocycles. The molecule has 7 aromatic rings. The van der Waals surface area contributed by atoms with Gasteiger partial charge in [0.25, 0.3) is 0 Å². The Balaban J connectivity index is 1.39. The number of rotatable bonds is 5. The van der Waals surface area contributed by atoms with Crippen molar-refractivity contribution in [1.82, 2.24) is 9.97 Å². The minimum absolute atomic E-state index is 0.242. The van der Waals surface area contributed by atoms with Gasteiger partial charge < -0.3 is 0 Å². The molecule has 0 spiro atoms. The van der Waals surface area contributed by atoms with E-state index >= 15 is 0 Å². The molecule has 6 aromatic carbocycles. The van der Waals surface area contributed by atoms with E-state index in [-0.39, 0.29) is 5.82 Å². The summed E-state index contributed by atoms with van der Waals surface area (Å²) in [5.41, 5.74) is 9.09. The lowest BCUT2D eigenvalue weighted by Gasteiger charge is -2.14. The zero-order valence-electron chi connectivity index (χ0n) is 22.2. The second kappa shape index (κ2) is 10.6. The van der Waals surface area contributed by atoms with Crippen molar-refractivity contribution in [1.29, 1.82) is 0 Å². The van der Waals surface area contributed by atoms with Gasteiger partial charge in [-0.15, -0.1) is 0 Å². The third-order valence-electron chi connectivity index (χ3n) is 7.40. The fourth-order valence-electron chi connectivity index (χ4n) is 5.32. The standard InChI is InChI=1S/C38H25FN2/c39-31-21-19-28(20-22-31)32-23-24-35(34-14-8-7-13-33(32)34)37-25-36(40-38(41-37)30-11-5-2-6-12-30)29-17-15-27(16-18-29)26-9-3-1-4-10-26/h1-25H. The lowest BCUT2D eigenvalue weighted by Crippen LogP contribution is -1.96. The smallest absolute Gasteiger partial charge is 0.160 e. The molecule has 0 saturated heterocycles. The summed E-state index contributed by atoms with van der Waals surface area (Å²) in [6.07, 6.45) is 0. The average Bonchev–Trinajstić information content (AvgIpc) is 3.05. The first-order chi connectivity index (χ1) is 20.2. The molecular formula is C38H25FN2. The Morgan fingerprint density at radius 2 is 0.854 bits per heavy atom. The van der Waals surface area contributed by atoms with Crippen LogP contribution in [0.15, 0.2) is 152 Å². The van der Waals surface area contributed by atoms with E-state index in [1.54, 1.807) is 0 Å². The topological polar surface area (TPSA) is 25.8 Å². The summed E-state index contributed by atoms with van der Waals surface area (Å²) in [7, 11) is 0. The molecule has 3 heteroatoms. The highest BCUT2D eigenvalue weighted by atomic mass is 19.1. The molecule has 0 bridgehead atoms. The molecule has 0 radical (unpaired) electrons. The van der Waals surface area contributed by atoms with Crippen molar-refractivity contribution in [3.05, 3.63) is 157 Å². The molecule has 1 heterocycles. The van der Waals surface area contributed by atoms with Crippen molar-refractivity contribution < 1.29 is 4.39 Å². The van der Waals surface area contributed by atoms with Crippen LogP contribution in [0.3, 0.4) is 0 Å². The molecule has 7 rings (SSSR count). The molecule has 2 nitrogen and oxygen atoms in total. The molecule has 0 fully saturated rings. The van der Waals surface area contributed by atoms with Crippen LogP contribution in [0.4, 0.5) is 4.39 Å². The van der Waals surface area contributed by atoms with Gasteiger partial charge in [-0.1, -0.05) is 133 Å². The number of nitrogens with zero attached hydrogens (tertiary/aromatic N) is 2. The molecular weight excluding hydrogens is 503 g/mol. The lowest BCUT2D eigenvalue weighted by molar-refractivity contribution is 0.628. The normalized spacial score (nSPS) is 11.0. The quantitative estimate of drug-likeness (QED) is 0.222. The second-order valence-electron chi connectivity index (χ2n) is 9.98. The summed E-state index contributed by atoms with van der Waals surface area (Å²) in [5, 5.41) is 2.17. The maximum atomic E-state index is 13.7. The van der Waals surface area contributed by atoms with Gasteiger partial charge in [-0.3, -0.25) is 0 Å². The molecule has 0 saturated carbocycles. The van der Waals surface area contributed by atoms with E-state index in [0.29, 0.717) is 5.82 Å². The van der Waals surface area contributed by atoms with Crippen LogP contribution in [-0.2, 0) is 0 Å². The van der Waals surface area contributed by atoms with Gasteiger partial charge in [0.1, 0.15) is 5.82 Å². The summed E-state index contributed by atoms with van der Waals surface area (Å²) in [4.78, 5) is 10.1. The Kier molecular flexibility index (Phi) is 6.38. The minimum Gasteiger partial charge on any atom is -0.228 e. The van der Waals surface area contributed by atoms with Crippen molar-refractivity contribution in [2.75, 3.05) is 0 Å². The van der Waals surface area contributed by atoms with Crippen molar-refractivity contribution in [2.45, 2.75) is 0 Å². The number of hydrogen-bond acceptors (Lipinski definition) is 2. The Bertz CT molecular complexity index is 1970. The zero-order chi connectivity index (χ0) is 27.6. The van der Waals surface area contributed by atoms with Crippen LogP contribution in [-0.4, -0.2) is 9.97 Å². The van der Waals surface area contributed by atoms with Crippen molar-refractivity contribution in [3.8, 4) is 56.2 Å². The SMILES string of the molecule is Fc1ccc(-c2ccc(-c3cc(-c4ccc(-c5ccccc5)cc4)nc(-c4ccccc4)n3)c3ccccc23)cc1. The summed E-state index contributed by atoms with van der Waals surface area (Å²) in [6.45, 7) is 0. The largest absolute Gasteiger partial charge is 0.228 e. The summed E-state index contributed by atoms with van der Waals surface area (Å²) in [6, 6.07) is 50.2. The van der Waals surface area contributed by atoms with Crippen molar-refractivity contribution >= 4 is 10.8 Å². The van der Waals surface area contributed by atoms with Gasteiger partial charge in [-0.2, -0.15) is 0 Å². The molecule has 0 aliphatic heterocycles. The minimum atomic E-state index is -0.242. The zero-order valence-corrected chi connectivity index (χ0v) is 22.2. The third kappa shape index (κ3) is 4.90. The first-order valence-electron chi connectivity index (χ1n) is 13.6. The molecule has 0 N–H and O–H groups in total. The highest BCUT2D eigenvalue weighted by Crippen LogP contribution is 2.37.